The Kier molecular flexibility index (Phi) is 4.12. The number of hydrogen-bond acceptors (Lipinski definition) is 6. The Hall–Kier alpha value is -0.940. The van der Waals surface area contributed by atoms with E-state index in [1.54, 1.807) is 27.7 Å². The molecule has 3 heterocycles. The summed E-state index contributed by atoms with van der Waals surface area (Å²) in [5, 5.41) is 1.95. The van der Waals surface area contributed by atoms with Crippen LogP contribution >= 0.6 is 0 Å². The highest BCUT2D eigenvalue weighted by Gasteiger charge is 2.59. The number of carbonyl (C=O) groups is 1. The summed E-state index contributed by atoms with van der Waals surface area (Å²) < 4.78 is 65.9. The Balaban J connectivity index is 1.79. The van der Waals surface area contributed by atoms with Crippen LogP contribution in [0.1, 0.15) is 27.7 Å². The number of fused-ring (bicyclic) bond motifs is 1. The standard InChI is InChI=1S/C14H20F3NO6/c1-12(2)20-5-6(22-12)8-7(18-11(19)14(15,16)17)9-10(21-8)24-13(3,4)23-9/h6-10H,5H2,1-4H3,(H,18,19)/t6-,7+,8-,9-,10-/m1/s1. The van der Waals surface area contributed by atoms with Gasteiger partial charge in [-0.2, -0.15) is 13.2 Å². The zero-order valence-corrected chi connectivity index (χ0v) is 13.7. The summed E-state index contributed by atoms with van der Waals surface area (Å²) in [6.07, 6.45) is -8.31. The summed E-state index contributed by atoms with van der Waals surface area (Å²) in [6.45, 7) is 6.72. The normalized spacial score (nSPS) is 40.5. The van der Waals surface area contributed by atoms with Gasteiger partial charge in [0.2, 0.25) is 0 Å². The fraction of sp³-hybridized carbons (Fsp3) is 0.929. The average Bonchev–Trinajstić information content (AvgIpc) is 3.00. The molecule has 3 aliphatic heterocycles. The zero-order chi connectivity index (χ0) is 17.9. The van der Waals surface area contributed by atoms with Gasteiger partial charge in [0.1, 0.15) is 18.3 Å². The van der Waals surface area contributed by atoms with Crippen LogP contribution in [0.25, 0.3) is 0 Å². The minimum Gasteiger partial charge on any atom is -0.348 e. The molecule has 138 valence electrons. The van der Waals surface area contributed by atoms with Gasteiger partial charge in [0.05, 0.1) is 12.6 Å². The van der Waals surface area contributed by atoms with E-state index in [0.29, 0.717) is 0 Å². The SMILES string of the molecule is CC1(C)O[C@H]2O[C@H]([C@H]3COC(C)(C)O3)[C@H](NC(=O)C(F)(F)F)[C@H]2O1. The van der Waals surface area contributed by atoms with Crippen LogP contribution in [0, 0.1) is 0 Å². The van der Waals surface area contributed by atoms with E-state index in [1.165, 1.54) is 0 Å². The summed E-state index contributed by atoms with van der Waals surface area (Å²) in [5.41, 5.74) is 0. The molecule has 3 aliphatic rings. The summed E-state index contributed by atoms with van der Waals surface area (Å²) in [4.78, 5) is 11.4. The third kappa shape index (κ3) is 3.38. The topological polar surface area (TPSA) is 75.3 Å². The van der Waals surface area contributed by atoms with Gasteiger partial charge in [-0.05, 0) is 27.7 Å². The van der Waals surface area contributed by atoms with Crippen LogP contribution < -0.4 is 5.32 Å². The van der Waals surface area contributed by atoms with E-state index in [2.05, 4.69) is 0 Å². The fourth-order valence-electron chi connectivity index (χ4n) is 3.13. The van der Waals surface area contributed by atoms with E-state index in [9.17, 15) is 18.0 Å². The summed E-state index contributed by atoms with van der Waals surface area (Å²) in [6, 6.07) is -1.08. The zero-order valence-electron chi connectivity index (χ0n) is 13.7. The molecule has 3 rings (SSSR count). The maximum Gasteiger partial charge on any atom is 0.471 e. The molecule has 0 aromatic carbocycles. The van der Waals surface area contributed by atoms with Gasteiger partial charge in [0.15, 0.2) is 17.9 Å². The Morgan fingerprint density at radius 3 is 2.25 bits per heavy atom. The van der Waals surface area contributed by atoms with Crippen molar-refractivity contribution >= 4 is 5.91 Å². The van der Waals surface area contributed by atoms with Gasteiger partial charge < -0.3 is 29.0 Å². The first-order chi connectivity index (χ1) is 10.9. The Labute approximate surface area is 136 Å². The number of amides is 1. The van der Waals surface area contributed by atoms with Crippen molar-refractivity contribution in [1.82, 2.24) is 5.32 Å². The molecule has 24 heavy (non-hydrogen) atoms. The van der Waals surface area contributed by atoms with Crippen molar-refractivity contribution in [2.45, 2.75) is 76.1 Å². The molecule has 0 saturated carbocycles. The third-order valence-corrected chi connectivity index (χ3v) is 4.04. The highest BCUT2D eigenvalue weighted by molar-refractivity contribution is 5.82. The van der Waals surface area contributed by atoms with Crippen molar-refractivity contribution < 1.29 is 41.7 Å². The van der Waals surface area contributed by atoms with Gasteiger partial charge in [0, 0.05) is 0 Å². The molecule has 7 nitrogen and oxygen atoms in total. The van der Waals surface area contributed by atoms with Crippen molar-refractivity contribution in [3.8, 4) is 0 Å². The van der Waals surface area contributed by atoms with E-state index in [1.807, 2.05) is 5.32 Å². The molecule has 1 N–H and O–H groups in total. The largest absolute Gasteiger partial charge is 0.471 e. The molecule has 1 amide bonds. The highest BCUT2D eigenvalue weighted by Crippen LogP contribution is 2.41. The second kappa shape index (κ2) is 5.53. The maximum atomic E-state index is 12.6. The van der Waals surface area contributed by atoms with E-state index in [4.69, 9.17) is 23.7 Å². The number of hydrogen-bond donors (Lipinski definition) is 1. The fourth-order valence-corrected chi connectivity index (χ4v) is 3.13. The van der Waals surface area contributed by atoms with E-state index in [-0.39, 0.29) is 6.61 Å². The van der Waals surface area contributed by atoms with Crippen LogP contribution in [0.4, 0.5) is 13.2 Å². The number of alkyl halides is 3. The lowest BCUT2D eigenvalue weighted by atomic mass is 10.0. The van der Waals surface area contributed by atoms with Crippen LogP contribution in [0.2, 0.25) is 0 Å². The van der Waals surface area contributed by atoms with E-state index >= 15 is 0 Å². The van der Waals surface area contributed by atoms with E-state index in [0.717, 1.165) is 0 Å². The summed E-state index contributed by atoms with van der Waals surface area (Å²) in [7, 11) is 0. The highest BCUT2D eigenvalue weighted by atomic mass is 19.4. The Morgan fingerprint density at radius 2 is 1.71 bits per heavy atom. The molecular formula is C14H20F3NO6. The molecule has 3 fully saturated rings. The first-order valence-corrected chi connectivity index (χ1v) is 7.59. The van der Waals surface area contributed by atoms with Gasteiger partial charge in [-0.15, -0.1) is 0 Å². The van der Waals surface area contributed by atoms with Gasteiger partial charge in [-0.3, -0.25) is 4.79 Å². The Bertz CT molecular complexity index is 523. The smallest absolute Gasteiger partial charge is 0.348 e. The number of rotatable bonds is 2. The molecule has 0 aliphatic carbocycles. The minimum absolute atomic E-state index is 0.124. The molecule has 3 saturated heterocycles. The molecule has 0 radical (unpaired) electrons. The quantitative estimate of drug-likeness (QED) is 0.798. The third-order valence-electron chi connectivity index (χ3n) is 4.04. The molecule has 0 spiro atoms. The molecule has 0 aromatic heterocycles. The lowest BCUT2D eigenvalue weighted by molar-refractivity contribution is -0.224. The predicted molar refractivity (Wildman–Crippen MR) is 71.6 cm³/mol. The van der Waals surface area contributed by atoms with Crippen LogP contribution in [0.3, 0.4) is 0 Å². The molecule has 0 bridgehead atoms. The monoisotopic (exact) mass is 355 g/mol. The minimum atomic E-state index is -5.01. The first kappa shape index (κ1) is 17.9. The number of ether oxygens (including phenoxy) is 5. The first-order valence-electron chi connectivity index (χ1n) is 7.59. The van der Waals surface area contributed by atoms with Gasteiger partial charge in [-0.1, -0.05) is 0 Å². The van der Waals surface area contributed by atoms with Gasteiger partial charge in [-0.25, -0.2) is 0 Å². The van der Waals surface area contributed by atoms with Crippen LogP contribution in [-0.4, -0.2) is 60.9 Å². The summed E-state index contributed by atoms with van der Waals surface area (Å²) >= 11 is 0. The predicted octanol–water partition coefficient (Wildman–Crippen LogP) is 1.06. The maximum absolute atomic E-state index is 12.6. The molecule has 5 atom stereocenters. The molecule has 0 unspecified atom stereocenters. The van der Waals surface area contributed by atoms with Gasteiger partial charge >= 0.3 is 12.1 Å². The molecular weight excluding hydrogens is 335 g/mol. The molecule has 0 aromatic rings. The second-order valence-electron chi connectivity index (χ2n) is 6.93. The molecule has 10 heteroatoms. The average molecular weight is 355 g/mol. The number of nitrogens with one attached hydrogen (secondary N) is 1. The van der Waals surface area contributed by atoms with Crippen molar-refractivity contribution in [3.05, 3.63) is 0 Å². The number of carbonyl (C=O) groups excluding carboxylic acids is 1. The van der Waals surface area contributed by atoms with Crippen molar-refractivity contribution in [2.24, 2.45) is 0 Å². The second-order valence-corrected chi connectivity index (χ2v) is 6.93. The van der Waals surface area contributed by atoms with Crippen LogP contribution in [-0.2, 0) is 28.5 Å². The summed E-state index contributed by atoms with van der Waals surface area (Å²) in [5.74, 6) is -3.97. The van der Waals surface area contributed by atoms with Crippen LogP contribution in [0.15, 0.2) is 0 Å². The number of halogens is 3. The van der Waals surface area contributed by atoms with Crippen molar-refractivity contribution in [2.75, 3.05) is 6.61 Å². The van der Waals surface area contributed by atoms with E-state index < -0.39 is 54.3 Å². The van der Waals surface area contributed by atoms with Crippen molar-refractivity contribution in [3.63, 3.8) is 0 Å². The lowest BCUT2D eigenvalue weighted by Crippen LogP contribution is -2.55. The Morgan fingerprint density at radius 1 is 1.04 bits per heavy atom. The van der Waals surface area contributed by atoms with Crippen molar-refractivity contribution in [1.29, 1.82) is 0 Å². The lowest BCUT2D eigenvalue weighted by Gasteiger charge is -2.29. The van der Waals surface area contributed by atoms with Crippen LogP contribution in [0.5, 0.6) is 0 Å². The van der Waals surface area contributed by atoms with Gasteiger partial charge in [0.25, 0.3) is 0 Å².